The molecule has 0 aromatic heterocycles. The summed E-state index contributed by atoms with van der Waals surface area (Å²) in [5.41, 5.74) is 1.35. The van der Waals surface area contributed by atoms with E-state index in [0.29, 0.717) is 41.5 Å². The SMILES string of the molecule is Cc1ccc(S(=O)(=O)N2CCN(C(=O)C3CCN(S(=O)(=O)Cc4c(Cl)cccc4Cl)CC3)CC2)cc1. The Labute approximate surface area is 222 Å². The molecule has 0 bridgehead atoms. The van der Waals surface area contributed by atoms with Crippen LogP contribution in [0.2, 0.25) is 10.0 Å². The first-order valence-corrected chi connectivity index (χ1v) is 15.6. The molecule has 0 spiro atoms. The average molecular weight is 575 g/mol. The van der Waals surface area contributed by atoms with Crippen molar-refractivity contribution in [1.82, 2.24) is 13.5 Å². The minimum atomic E-state index is -3.64. The van der Waals surface area contributed by atoms with E-state index in [0.717, 1.165) is 5.56 Å². The van der Waals surface area contributed by atoms with E-state index in [1.807, 2.05) is 6.92 Å². The summed E-state index contributed by atoms with van der Waals surface area (Å²) in [6.45, 7) is 3.46. The molecule has 0 unspecified atom stereocenters. The van der Waals surface area contributed by atoms with Crippen LogP contribution in [-0.4, -0.2) is 75.5 Å². The minimum absolute atomic E-state index is 0.0476. The van der Waals surface area contributed by atoms with E-state index < -0.39 is 20.0 Å². The van der Waals surface area contributed by atoms with Gasteiger partial charge in [0, 0.05) is 60.8 Å². The van der Waals surface area contributed by atoms with Crippen LogP contribution in [0.25, 0.3) is 0 Å². The second kappa shape index (κ2) is 11.0. The summed E-state index contributed by atoms with van der Waals surface area (Å²) in [4.78, 5) is 15.1. The smallest absolute Gasteiger partial charge is 0.243 e. The van der Waals surface area contributed by atoms with E-state index in [-0.39, 0.29) is 48.7 Å². The van der Waals surface area contributed by atoms with Gasteiger partial charge in [0.25, 0.3) is 0 Å². The van der Waals surface area contributed by atoms with Gasteiger partial charge in [-0.05, 0) is 44.0 Å². The maximum Gasteiger partial charge on any atom is 0.243 e. The zero-order valence-electron chi connectivity index (χ0n) is 19.9. The molecule has 2 aliphatic heterocycles. The first-order valence-electron chi connectivity index (χ1n) is 11.8. The molecule has 0 aliphatic carbocycles. The van der Waals surface area contributed by atoms with Crippen molar-refractivity contribution >= 4 is 49.2 Å². The van der Waals surface area contributed by atoms with Crippen molar-refractivity contribution in [2.45, 2.75) is 30.4 Å². The number of piperazine rings is 1. The van der Waals surface area contributed by atoms with Crippen LogP contribution < -0.4 is 0 Å². The lowest BCUT2D eigenvalue weighted by molar-refractivity contribution is -0.137. The first-order chi connectivity index (χ1) is 17.0. The monoisotopic (exact) mass is 573 g/mol. The summed E-state index contributed by atoms with van der Waals surface area (Å²) in [7, 11) is -7.25. The highest BCUT2D eigenvalue weighted by Gasteiger charge is 2.36. The van der Waals surface area contributed by atoms with Crippen LogP contribution in [0.15, 0.2) is 47.4 Å². The number of benzene rings is 2. The molecule has 2 heterocycles. The number of carbonyl (C=O) groups is 1. The normalized spacial score (nSPS) is 18.9. The average Bonchev–Trinajstić information content (AvgIpc) is 2.86. The van der Waals surface area contributed by atoms with E-state index in [9.17, 15) is 21.6 Å². The zero-order chi connectivity index (χ0) is 26.1. The van der Waals surface area contributed by atoms with Gasteiger partial charge in [-0.3, -0.25) is 4.79 Å². The van der Waals surface area contributed by atoms with Crippen LogP contribution in [0.5, 0.6) is 0 Å². The Bertz CT molecular complexity index is 1300. The van der Waals surface area contributed by atoms with Gasteiger partial charge >= 0.3 is 0 Å². The van der Waals surface area contributed by atoms with Crippen molar-refractivity contribution in [3.05, 3.63) is 63.6 Å². The Morgan fingerprint density at radius 3 is 1.94 bits per heavy atom. The fourth-order valence-corrected chi connectivity index (χ4v) is 8.33. The number of rotatable bonds is 6. The highest BCUT2D eigenvalue weighted by atomic mass is 35.5. The van der Waals surface area contributed by atoms with Crippen LogP contribution in [0, 0.1) is 12.8 Å². The van der Waals surface area contributed by atoms with Gasteiger partial charge in [-0.15, -0.1) is 0 Å². The van der Waals surface area contributed by atoms with Crippen molar-refractivity contribution in [3.63, 3.8) is 0 Å². The minimum Gasteiger partial charge on any atom is -0.340 e. The van der Waals surface area contributed by atoms with Gasteiger partial charge in [-0.2, -0.15) is 4.31 Å². The highest BCUT2D eigenvalue weighted by molar-refractivity contribution is 7.89. The lowest BCUT2D eigenvalue weighted by Gasteiger charge is -2.38. The Morgan fingerprint density at radius 1 is 0.833 bits per heavy atom. The first kappa shape index (κ1) is 27.3. The number of carbonyl (C=O) groups excluding carboxylic acids is 1. The molecular formula is C24H29Cl2N3O5S2. The molecule has 2 aliphatic rings. The fourth-order valence-electron chi connectivity index (χ4n) is 4.59. The van der Waals surface area contributed by atoms with Gasteiger partial charge in [0.05, 0.1) is 10.6 Å². The molecule has 12 heteroatoms. The predicted molar refractivity (Wildman–Crippen MR) is 140 cm³/mol. The van der Waals surface area contributed by atoms with Crippen LogP contribution >= 0.6 is 23.2 Å². The Kier molecular flexibility index (Phi) is 8.33. The molecule has 0 atom stereocenters. The van der Waals surface area contributed by atoms with Gasteiger partial charge in [0.2, 0.25) is 26.0 Å². The van der Waals surface area contributed by atoms with E-state index in [1.54, 1.807) is 47.4 Å². The summed E-state index contributed by atoms with van der Waals surface area (Å²) in [6.07, 6.45) is 0.826. The molecule has 196 valence electrons. The quantitative estimate of drug-likeness (QED) is 0.528. The molecule has 2 aromatic carbocycles. The summed E-state index contributed by atoms with van der Waals surface area (Å²) < 4.78 is 54.6. The highest BCUT2D eigenvalue weighted by Crippen LogP contribution is 2.29. The van der Waals surface area contributed by atoms with Gasteiger partial charge in [0.15, 0.2) is 0 Å². The summed E-state index contributed by atoms with van der Waals surface area (Å²) in [5.74, 6) is -0.629. The number of aryl methyl sites for hydroxylation is 1. The van der Waals surface area contributed by atoms with Gasteiger partial charge in [-0.25, -0.2) is 21.1 Å². The van der Waals surface area contributed by atoms with E-state index >= 15 is 0 Å². The Hall–Kier alpha value is -1.69. The molecule has 2 aromatic rings. The fraction of sp³-hybridized carbons (Fsp3) is 0.458. The van der Waals surface area contributed by atoms with Crippen molar-refractivity contribution < 1.29 is 21.6 Å². The molecule has 0 saturated carbocycles. The van der Waals surface area contributed by atoms with Crippen molar-refractivity contribution in [3.8, 4) is 0 Å². The number of hydrogen-bond acceptors (Lipinski definition) is 5. The molecule has 2 saturated heterocycles. The Morgan fingerprint density at radius 2 is 1.39 bits per heavy atom. The number of hydrogen-bond donors (Lipinski definition) is 0. The molecule has 0 radical (unpaired) electrons. The summed E-state index contributed by atoms with van der Waals surface area (Å²) >= 11 is 12.3. The summed E-state index contributed by atoms with van der Waals surface area (Å²) in [5, 5.41) is 0.611. The number of nitrogens with zero attached hydrogens (tertiary/aromatic N) is 3. The molecule has 8 nitrogen and oxygen atoms in total. The van der Waals surface area contributed by atoms with Crippen LogP contribution in [-0.2, 0) is 30.6 Å². The van der Waals surface area contributed by atoms with Crippen molar-refractivity contribution in [1.29, 1.82) is 0 Å². The standard InChI is InChI=1S/C24H29Cl2N3O5S2/c1-18-5-7-20(8-6-18)36(33,34)29-15-13-27(14-16-29)24(30)19-9-11-28(12-10-19)35(31,32)17-21-22(25)3-2-4-23(21)26/h2-8,19H,9-17H2,1H3. The number of halogens is 2. The van der Waals surface area contributed by atoms with Crippen LogP contribution in [0.4, 0.5) is 0 Å². The maximum atomic E-state index is 13.1. The van der Waals surface area contributed by atoms with E-state index in [1.165, 1.54) is 8.61 Å². The summed E-state index contributed by atoms with van der Waals surface area (Å²) in [6, 6.07) is 11.6. The van der Waals surface area contributed by atoms with Gasteiger partial charge in [0.1, 0.15) is 0 Å². The molecule has 36 heavy (non-hydrogen) atoms. The van der Waals surface area contributed by atoms with Crippen LogP contribution in [0.1, 0.15) is 24.0 Å². The van der Waals surface area contributed by atoms with E-state index in [4.69, 9.17) is 23.2 Å². The number of amides is 1. The molecular weight excluding hydrogens is 545 g/mol. The second-order valence-corrected chi connectivity index (χ2v) is 13.9. The Balaban J connectivity index is 1.31. The topological polar surface area (TPSA) is 95.1 Å². The molecule has 0 N–H and O–H groups in total. The van der Waals surface area contributed by atoms with E-state index in [2.05, 4.69) is 0 Å². The second-order valence-electron chi connectivity index (χ2n) is 9.17. The molecule has 4 rings (SSSR count). The third-order valence-electron chi connectivity index (χ3n) is 6.79. The third-order valence-corrected chi connectivity index (χ3v) is 11.2. The number of sulfonamides is 2. The number of piperidine rings is 1. The lowest BCUT2D eigenvalue weighted by atomic mass is 9.96. The van der Waals surface area contributed by atoms with Crippen LogP contribution in [0.3, 0.4) is 0 Å². The lowest BCUT2D eigenvalue weighted by Crippen LogP contribution is -2.53. The third kappa shape index (κ3) is 5.89. The van der Waals surface area contributed by atoms with Crippen molar-refractivity contribution in [2.75, 3.05) is 39.3 Å². The molecule has 1 amide bonds. The predicted octanol–water partition coefficient (Wildman–Crippen LogP) is 3.38. The van der Waals surface area contributed by atoms with Crippen molar-refractivity contribution in [2.24, 2.45) is 5.92 Å². The largest absolute Gasteiger partial charge is 0.340 e. The van der Waals surface area contributed by atoms with Gasteiger partial charge < -0.3 is 4.90 Å². The van der Waals surface area contributed by atoms with Gasteiger partial charge in [-0.1, -0.05) is 47.0 Å². The maximum absolute atomic E-state index is 13.1. The zero-order valence-corrected chi connectivity index (χ0v) is 23.1. The molecule has 2 fully saturated rings.